The van der Waals surface area contributed by atoms with E-state index >= 15 is 0 Å². The lowest BCUT2D eigenvalue weighted by Gasteiger charge is -2.08. The highest BCUT2D eigenvalue weighted by atomic mass is 16.5. The van der Waals surface area contributed by atoms with E-state index < -0.39 is 0 Å². The van der Waals surface area contributed by atoms with Gasteiger partial charge < -0.3 is 19.7 Å². The predicted octanol–water partition coefficient (Wildman–Crippen LogP) is 2.17. The van der Waals surface area contributed by atoms with Crippen LogP contribution in [-0.2, 0) is 13.1 Å². The van der Waals surface area contributed by atoms with Crippen LogP contribution in [-0.4, -0.2) is 28.3 Å². The number of phenols is 1. The third-order valence-corrected chi connectivity index (χ3v) is 3.15. The summed E-state index contributed by atoms with van der Waals surface area (Å²) in [6, 6.07) is 5.47. The molecule has 0 saturated carbocycles. The number of aromatic nitrogens is 2. The van der Waals surface area contributed by atoms with Crippen molar-refractivity contribution < 1.29 is 9.84 Å². The normalized spacial score (nSPS) is 10.7. The summed E-state index contributed by atoms with van der Waals surface area (Å²) in [7, 11) is 1.55. The molecule has 20 heavy (non-hydrogen) atoms. The summed E-state index contributed by atoms with van der Waals surface area (Å²) in [6.07, 6.45) is 7.85. The highest BCUT2D eigenvalue weighted by Gasteiger charge is 2.01. The molecule has 0 aliphatic rings. The van der Waals surface area contributed by atoms with Crippen molar-refractivity contribution in [2.75, 3.05) is 13.7 Å². The van der Waals surface area contributed by atoms with Crippen LogP contribution in [0.2, 0.25) is 0 Å². The van der Waals surface area contributed by atoms with Crippen LogP contribution in [0, 0.1) is 0 Å². The van der Waals surface area contributed by atoms with Crippen molar-refractivity contribution in [3.05, 3.63) is 42.5 Å². The van der Waals surface area contributed by atoms with Gasteiger partial charge in [0.2, 0.25) is 0 Å². The van der Waals surface area contributed by atoms with Crippen LogP contribution in [0.15, 0.2) is 36.9 Å². The molecule has 2 aromatic rings. The number of methoxy groups -OCH3 is 1. The smallest absolute Gasteiger partial charge is 0.160 e. The summed E-state index contributed by atoms with van der Waals surface area (Å²) in [6.45, 7) is 2.72. The van der Waals surface area contributed by atoms with Crippen molar-refractivity contribution in [1.82, 2.24) is 14.9 Å². The predicted molar refractivity (Wildman–Crippen MR) is 77.8 cm³/mol. The molecule has 2 N–H and O–H groups in total. The minimum absolute atomic E-state index is 0.187. The molecule has 5 heteroatoms. The molecular weight excluding hydrogens is 254 g/mol. The van der Waals surface area contributed by atoms with Crippen LogP contribution in [0.25, 0.3) is 0 Å². The van der Waals surface area contributed by atoms with Gasteiger partial charge in [-0.1, -0.05) is 6.07 Å². The van der Waals surface area contributed by atoms with E-state index in [0.717, 1.165) is 38.0 Å². The molecule has 0 radical (unpaired) electrons. The lowest BCUT2D eigenvalue weighted by molar-refractivity contribution is 0.373. The first-order chi connectivity index (χ1) is 9.79. The van der Waals surface area contributed by atoms with E-state index in [1.165, 1.54) is 0 Å². The molecular formula is C15H21N3O2. The number of unbranched alkanes of at least 4 members (excludes halogenated alkanes) is 1. The topological polar surface area (TPSA) is 59.3 Å². The van der Waals surface area contributed by atoms with Gasteiger partial charge in [0.15, 0.2) is 11.5 Å². The molecule has 0 fully saturated rings. The van der Waals surface area contributed by atoms with Gasteiger partial charge in [-0.2, -0.15) is 0 Å². The summed E-state index contributed by atoms with van der Waals surface area (Å²) >= 11 is 0. The number of imidazole rings is 1. The van der Waals surface area contributed by atoms with Crippen molar-refractivity contribution in [1.29, 1.82) is 0 Å². The number of aryl methyl sites for hydroxylation is 1. The van der Waals surface area contributed by atoms with Gasteiger partial charge in [-0.15, -0.1) is 0 Å². The Labute approximate surface area is 119 Å². The maximum atomic E-state index is 9.68. The van der Waals surface area contributed by atoms with Gasteiger partial charge in [-0.3, -0.25) is 0 Å². The Hall–Kier alpha value is -2.01. The molecule has 0 spiro atoms. The molecule has 1 aromatic heterocycles. The number of hydrogen-bond acceptors (Lipinski definition) is 4. The summed E-state index contributed by atoms with van der Waals surface area (Å²) in [4.78, 5) is 4.01. The molecule has 1 aromatic carbocycles. The highest BCUT2D eigenvalue weighted by molar-refractivity contribution is 5.41. The van der Waals surface area contributed by atoms with Gasteiger partial charge in [-0.25, -0.2) is 4.98 Å². The molecule has 0 amide bonds. The fourth-order valence-corrected chi connectivity index (χ4v) is 2.04. The second kappa shape index (κ2) is 7.55. The highest BCUT2D eigenvalue weighted by Crippen LogP contribution is 2.25. The van der Waals surface area contributed by atoms with Crippen molar-refractivity contribution in [2.24, 2.45) is 0 Å². The zero-order chi connectivity index (χ0) is 14.2. The second-order valence-corrected chi connectivity index (χ2v) is 4.69. The van der Waals surface area contributed by atoms with Crippen LogP contribution >= 0.6 is 0 Å². The van der Waals surface area contributed by atoms with E-state index in [-0.39, 0.29) is 5.75 Å². The van der Waals surface area contributed by atoms with Crippen LogP contribution in [0.3, 0.4) is 0 Å². The molecule has 5 nitrogen and oxygen atoms in total. The Morgan fingerprint density at radius 1 is 1.35 bits per heavy atom. The zero-order valence-electron chi connectivity index (χ0n) is 11.7. The molecule has 0 unspecified atom stereocenters. The number of benzene rings is 1. The van der Waals surface area contributed by atoms with Crippen LogP contribution in [0.4, 0.5) is 0 Å². The summed E-state index contributed by atoms with van der Waals surface area (Å²) in [5, 5.41) is 13.0. The Morgan fingerprint density at radius 3 is 2.95 bits per heavy atom. The van der Waals surface area contributed by atoms with Crippen molar-refractivity contribution >= 4 is 0 Å². The number of ether oxygens (including phenoxy) is 1. The van der Waals surface area contributed by atoms with Crippen LogP contribution in [0.1, 0.15) is 18.4 Å². The largest absolute Gasteiger partial charge is 0.504 e. The Bertz CT molecular complexity index is 512. The fourth-order valence-electron chi connectivity index (χ4n) is 2.04. The van der Waals surface area contributed by atoms with Gasteiger partial charge >= 0.3 is 0 Å². The zero-order valence-corrected chi connectivity index (χ0v) is 11.7. The second-order valence-electron chi connectivity index (χ2n) is 4.69. The monoisotopic (exact) mass is 275 g/mol. The SMILES string of the molecule is COc1ccc(CNCCCCn2ccnc2)cc1O. The number of phenolic OH excluding ortho intramolecular Hbond substituents is 1. The standard InChI is InChI=1S/C15H21N3O2/c1-20-15-5-4-13(10-14(15)19)11-16-6-2-3-8-18-9-7-17-12-18/h4-5,7,9-10,12,16,19H,2-3,6,8,11H2,1H3. The van der Waals surface area contributed by atoms with Gasteiger partial charge in [0.1, 0.15) is 0 Å². The average Bonchev–Trinajstić information content (AvgIpc) is 2.96. The lowest BCUT2D eigenvalue weighted by atomic mass is 10.2. The number of aromatic hydroxyl groups is 1. The third kappa shape index (κ3) is 4.28. The molecule has 0 atom stereocenters. The number of nitrogens with zero attached hydrogens (tertiary/aromatic N) is 2. The maximum absolute atomic E-state index is 9.68. The summed E-state index contributed by atoms with van der Waals surface area (Å²) in [5.41, 5.74) is 1.05. The first-order valence-corrected chi connectivity index (χ1v) is 6.82. The number of hydrogen-bond donors (Lipinski definition) is 2. The molecule has 0 bridgehead atoms. The lowest BCUT2D eigenvalue weighted by Crippen LogP contribution is -2.15. The minimum atomic E-state index is 0.187. The van der Waals surface area contributed by atoms with Gasteiger partial charge in [0.05, 0.1) is 13.4 Å². The minimum Gasteiger partial charge on any atom is -0.504 e. The van der Waals surface area contributed by atoms with Crippen molar-refractivity contribution in [3.8, 4) is 11.5 Å². The van der Waals surface area contributed by atoms with E-state index in [1.54, 1.807) is 25.4 Å². The molecule has 0 saturated heterocycles. The van der Waals surface area contributed by atoms with Crippen LogP contribution in [0.5, 0.6) is 11.5 Å². The fraction of sp³-hybridized carbons (Fsp3) is 0.400. The number of rotatable bonds is 8. The Morgan fingerprint density at radius 2 is 2.25 bits per heavy atom. The molecule has 2 rings (SSSR count). The van der Waals surface area contributed by atoms with Gasteiger partial charge in [0.25, 0.3) is 0 Å². The summed E-state index contributed by atoms with van der Waals surface area (Å²) < 4.78 is 7.10. The van der Waals surface area contributed by atoms with E-state index in [1.807, 2.05) is 18.6 Å². The Kier molecular flexibility index (Phi) is 5.43. The third-order valence-electron chi connectivity index (χ3n) is 3.15. The van der Waals surface area contributed by atoms with Gasteiger partial charge in [0, 0.05) is 25.5 Å². The van der Waals surface area contributed by atoms with Gasteiger partial charge in [-0.05, 0) is 37.1 Å². The van der Waals surface area contributed by atoms with E-state index in [4.69, 9.17) is 4.74 Å². The Balaban J connectivity index is 1.62. The number of nitrogens with one attached hydrogen (secondary N) is 1. The molecule has 1 heterocycles. The summed E-state index contributed by atoms with van der Waals surface area (Å²) in [5.74, 6) is 0.695. The van der Waals surface area contributed by atoms with Crippen LogP contribution < -0.4 is 10.1 Å². The molecule has 0 aliphatic heterocycles. The van der Waals surface area contributed by atoms with E-state index in [0.29, 0.717) is 5.75 Å². The van der Waals surface area contributed by atoms with Crippen molar-refractivity contribution in [3.63, 3.8) is 0 Å². The average molecular weight is 275 g/mol. The first-order valence-electron chi connectivity index (χ1n) is 6.82. The van der Waals surface area contributed by atoms with E-state index in [9.17, 15) is 5.11 Å². The quantitative estimate of drug-likeness (QED) is 0.725. The molecule has 108 valence electrons. The maximum Gasteiger partial charge on any atom is 0.160 e. The molecule has 0 aliphatic carbocycles. The van der Waals surface area contributed by atoms with Crippen molar-refractivity contribution in [2.45, 2.75) is 25.9 Å². The first kappa shape index (κ1) is 14.4. The van der Waals surface area contributed by atoms with E-state index in [2.05, 4.69) is 14.9 Å².